The first-order valence-electron chi connectivity index (χ1n) is 6.72. The summed E-state index contributed by atoms with van der Waals surface area (Å²) in [5.74, 6) is -0.419. The highest BCUT2D eigenvalue weighted by Crippen LogP contribution is 2.13. The van der Waals surface area contributed by atoms with Crippen molar-refractivity contribution in [2.75, 3.05) is 6.61 Å². The van der Waals surface area contributed by atoms with Crippen molar-refractivity contribution in [3.05, 3.63) is 0 Å². The first-order chi connectivity index (χ1) is 8.02. The molecule has 0 aliphatic heterocycles. The van der Waals surface area contributed by atoms with Crippen molar-refractivity contribution in [1.29, 1.82) is 0 Å². The normalized spacial score (nSPS) is 14.1. The van der Waals surface area contributed by atoms with Gasteiger partial charge in [0.25, 0.3) is 0 Å². The molecule has 0 fully saturated rings. The molecule has 0 aromatic carbocycles. The Hall–Kier alpha value is -0.860. The van der Waals surface area contributed by atoms with Crippen LogP contribution >= 0.6 is 0 Å². The number of unbranched alkanes of at least 4 members (excludes halogenated alkanes) is 1. The number of ether oxygens (including phenoxy) is 1. The van der Waals surface area contributed by atoms with E-state index in [0.717, 1.165) is 25.7 Å². The number of rotatable bonds is 9. The second-order valence-corrected chi connectivity index (χ2v) is 4.76. The molecule has 0 bridgehead atoms. The SMILES string of the molecule is CCCCOC(=O)[C@H](C)C(=O)CC[C@@H](C)CC. The molecule has 0 aliphatic carbocycles. The Kier molecular flexibility index (Phi) is 8.73. The third kappa shape index (κ3) is 7.14. The van der Waals surface area contributed by atoms with Crippen molar-refractivity contribution in [1.82, 2.24) is 0 Å². The summed E-state index contributed by atoms with van der Waals surface area (Å²) < 4.78 is 5.04. The number of hydrogen-bond donors (Lipinski definition) is 0. The molecular weight excluding hydrogens is 216 g/mol. The molecular formula is C14H26O3. The lowest BCUT2D eigenvalue weighted by atomic mass is 9.96. The average molecular weight is 242 g/mol. The Labute approximate surface area is 105 Å². The summed E-state index contributed by atoms with van der Waals surface area (Å²) in [6, 6.07) is 0. The summed E-state index contributed by atoms with van der Waals surface area (Å²) in [4.78, 5) is 23.3. The van der Waals surface area contributed by atoms with Crippen LogP contribution in [-0.2, 0) is 14.3 Å². The lowest BCUT2D eigenvalue weighted by Crippen LogP contribution is -2.24. The number of carbonyl (C=O) groups excluding carboxylic acids is 2. The van der Waals surface area contributed by atoms with E-state index in [2.05, 4.69) is 13.8 Å². The summed E-state index contributed by atoms with van der Waals surface area (Å²) in [7, 11) is 0. The van der Waals surface area contributed by atoms with Gasteiger partial charge in [0, 0.05) is 6.42 Å². The van der Waals surface area contributed by atoms with Crippen LogP contribution in [0.4, 0.5) is 0 Å². The predicted octanol–water partition coefficient (Wildman–Crippen LogP) is 3.36. The van der Waals surface area contributed by atoms with Crippen LogP contribution in [0, 0.1) is 11.8 Å². The van der Waals surface area contributed by atoms with Gasteiger partial charge in [-0.3, -0.25) is 9.59 Å². The first kappa shape index (κ1) is 16.1. The third-order valence-corrected chi connectivity index (χ3v) is 3.16. The number of esters is 1. The fraction of sp³-hybridized carbons (Fsp3) is 0.857. The molecule has 0 aromatic rings. The molecule has 3 nitrogen and oxygen atoms in total. The number of carbonyl (C=O) groups is 2. The standard InChI is InChI=1S/C14H26O3/c1-5-7-10-17-14(16)12(4)13(15)9-8-11(3)6-2/h11-12H,5-10H2,1-4H3/t11-,12+/m0/s1. The maximum atomic E-state index is 11.7. The maximum absolute atomic E-state index is 11.7. The Bertz CT molecular complexity index is 236. The highest BCUT2D eigenvalue weighted by atomic mass is 16.5. The largest absolute Gasteiger partial charge is 0.465 e. The van der Waals surface area contributed by atoms with Gasteiger partial charge in [0.2, 0.25) is 0 Å². The molecule has 100 valence electrons. The molecule has 0 spiro atoms. The summed E-state index contributed by atoms with van der Waals surface area (Å²) in [6.45, 7) is 8.34. The monoisotopic (exact) mass is 242 g/mol. The van der Waals surface area contributed by atoms with E-state index < -0.39 is 5.92 Å². The van der Waals surface area contributed by atoms with E-state index in [0.29, 0.717) is 18.9 Å². The van der Waals surface area contributed by atoms with Gasteiger partial charge < -0.3 is 4.74 Å². The van der Waals surface area contributed by atoms with E-state index in [9.17, 15) is 9.59 Å². The highest BCUT2D eigenvalue weighted by Gasteiger charge is 2.22. The fourth-order valence-electron chi connectivity index (χ4n) is 1.38. The molecule has 0 unspecified atom stereocenters. The van der Waals surface area contributed by atoms with Gasteiger partial charge in [-0.25, -0.2) is 0 Å². The number of hydrogen-bond acceptors (Lipinski definition) is 3. The molecule has 3 heteroatoms. The molecule has 0 aliphatic rings. The van der Waals surface area contributed by atoms with E-state index in [1.54, 1.807) is 6.92 Å². The number of ketones is 1. The molecule has 0 saturated carbocycles. The zero-order valence-electron chi connectivity index (χ0n) is 11.6. The predicted molar refractivity (Wildman–Crippen MR) is 68.7 cm³/mol. The van der Waals surface area contributed by atoms with Crippen LogP contribution in [-0.4, -0.2) is 18.4 Å². The van der Waals surface area contributed by atoms with Crippen LogP contribution in [0.25, 0.3) is 0 Å². The van der Waals surface area contributed by atoms with Crippen LogP contribution < -0.4 is 0 Å². The Morgan fingerprint density at radius 3 is 2.35 bits per heavy atom. The van der Waals surface area contributed by atoms with Crippen LogP contribution in [0.5, 0.6) is 0 Å². The molecule has 0 rings (SSSR count). The minimum Gasteiger partial charge on any atom is -0.465 e. The summed E-state index contributed by atoms with van der Waals surface area (Å²) in [5.41, 5.74) is 0. The second kappa shape index (κ2) is 9.20. The molecule has 0 N–H and O–H groups in total. The van der Waals surface area contributed by atoms with Crippen molar-refractivity contribution in [3.8, 4) is 0 Å². The smallest absolute Gasteiger partial charge is 0.316 e. The Morgan fingerprint density at radius 2 is 1.82 bits per heavy atom. The molecule has 0 aromatic heterocycles. The summed E-state index contributed by atoms with van der Waals surface area (Å²) >= 11 is 0. The first-order valence-corrected chi connectivity index (χ1v) is 6.72. The van der Waals surface area contributed by atoms with Gasteiger partial charge in [-0.05, 0) is 25.7 Å². The van der Waals surface area contributed by atoms with Crippen molar-refractivity contribution < 1.29 is 14.3 Å². The minimum atomic E-state index is -0.601. The molecule has 0 amide bonds. The lowest BCUT2D eigenvalue weighted by molar-refractivity contribution is -0.151. The van der Waals surface area contributed by atoms with E-state index in [-0.39, 0.29) is 11.8 Å². The lowest BCUT2D eigenvalue weighted by Gasteiger charge is -2.12. The van der Waals surface area contributed by atoms with Gasteiger partial charge in [-0.15, -0.1) is 0 Å². The third-order valence-electron chi connectivity index (χ3n) is 3.16. The number of Topliss-reactive ketones (excluding diaryl/α,β-unsaturated/α-hetero) is 1. The average Bonchev–Trinajstić information content (AvgIpc) is 2.34. The van der Waals surface area contributed by atoms with E-state index >= 15 is 0 Å². The van der Waals surface area contributed by atoms with Gasteiger partial charge in [-0.1, -0.05) is 33.6 Å². The molecule has 0 saturated heterocycles. The van der Waals surface area contributed by atoms with Gasteiger partial charge in [-0.2, -0.15) is 0 Å². The zero-order chi connectivity index (χ0) is 13.3. The Morgan fingerprint density at radius 1 is 1.18 bits per heavy atom. The van der Waals surface area contributed by atoms with Crippen molar-refractivity contribution >= 4 is 11.8 Å². The van der Waals surface area contributed by atoms with Crippen LogP contribution in [0.1, 0.15) is 59.8 Å². The fourth-order valence-corrected chi connectivity index (χ4v) is 1.38. The van der Waals surface area contributed by atoms with E-state index in [1.807, 2.05) is 6.92 Å². The quantitative estimate of drug-likeness (QED) is 0.354. The summed E-state index contributed by atoms with van der Waals surface area (Å²) in [5, 5.41) is 0. The second-order valence-electron chi connectivity index (χ2n) is 4.76. The van der Waals surface area contributed by atoms with Crippen LogP contribution in [0.2, 0.25) is 0 Å². The van der Waals surface area contributed by atoms with E-state index in [1.165, 1.54) is 0 Å². The van der Waals surface area contributed by atoms with Crippen molar-refractivity contribution in [2.24, 2.45) is 11.8 Å². The topological polar surface area (TPSA) is 43.4 Å². The van der Waals surface area contributed by atoms with Gasteiger partial charge in [0.05, 0.1) is 6.61 Å². The van der Waals surface area contributed by atoms with E-state index in [4.69, 9.17) is 4.74 Å². The van der Waals surface area contributed by atoms with Gasteiger partial charge >= 0.3 is 5.97 Å². The van der Waals surface area contributed by atoms with Crippen molar-refractivity contribution in [2.45, 2.75) is 59.8 Å². The molecule has 17 heavy (non-hydrogen) atoms. The zero-order valence-corrected chi connectivity index (χ0v) is 11.6. The minimum absolute atomic E-state index is 0.00629. The Balaban J connectivity index is 3.90. The molecule has 0 heterocycles. The maximum Gasteiger partial charge on any atom is 0.316 e. The van der Waals surface area contributed by atoms with Crippen LogP contribution in [0.15, 0.2) is 0 Å². The highest BCUT2D eigenvalue weighted by molar-refractivity contribution is 5.98. The van der Waals surface area contributed by atoms with Gasteiger partial charge in [0.1, 0.15) is 11.7 Å². The van der Waals surface area contributed by atoms with Crippen LogP contribution in [0.3, 0.4) is 0 Å². The van der Waals surface area contributed by atoms with Crippen molar-refractivity contribution in [3.63, 3.8) is 0 Å². The summed E-state index contributed by atoms with van der Waals surface area (Å²) in [6.07, 6.45) is 4.27. The molecule has 2 atom stereocenters. The van der Waals surface area contributed by atoms with Gasteiger partial charge in [0.15, 0.2) is 0 Å². The molecule has 0 radical (unpaired) electrons.